The van der Waals surface area contributed by atoms with Gasteiger partial charge in [-0.3, -0.25) is 4.79 Å². The van der Waals surface area contributed by atoms with E-state index in [0.717, 1.165) is 4.90 Å². The summed E-state index contributed by atoms with van der Waals surface area (Å²) in [6.45, 7) is 0. The van der Waals surface area contributed by atoms with Gasteiger partial charge in [0.15, 0.2) is 5.15 Å². The number of halogens is 1. The van der Waals surface area contributed by atoms with Crippen molar-refractivity contribution in [2.24, 2.45) is 0 Å². The van der Waals surface area contributed by atoms with Crippen LogP contribution in [0.15, 0.2) is 17.2 Å². The number of nitrogens with zero attached hydrogens (tertiary/aromatic N) is 2. The van der Waals surface area contributed by atoms with E-state index in [2.05, 4.69) is 14.9 Å². The van der Waals surface area contributed by atoms with Crippen LogP contribution < -0.4 is 0 Å². The third-order valence-corrected chi connectivity index (χ3v) is 2.63. The molecule has 0 aromatic carbocycles. The Morgan fingerprint density at radius 1 is 1.77 bits per heavy atom. The molecule has 0 unspecified atom stereocenters. The quantitative estimate of drug-likeness (QED) is 0.567. The Bertz CT molecular complexity index is 308. The van der Waals surface area contributed by atoms with Crippen LogP contribution in [0.4, 0.5) is 0 Å². The monoisotopic (exact) mass is 218 g/mol. The zero-order valence-electron chi connectivity index (χ0n) is 6.86. The van der Waals surface area contributed by atoms with E-state index in [0.29, 0.717) is 5.15 Å². The van der Waals surface area contributed by atoms with Gasteiger partial charge in [0.05, 0.1) is 19.1 Å². The highest BCUT2D eigenvalue weighted by atomic mass is 35.5. The van der Waals surface area contributed by atoms with Gasteiger partial charge < -0.3 is 4.74 Å². The van der Waals surface area contributed by atoms with E-state index in [1.807, 2.05) is 0 Å². The van der Waals surface area contributed by atoms with Gasteiger partial charge in [-0.25, -0.2) is 0 Å². The van der Waals surface area contributed by atoms with Gasteiger partial charge in [-0.05, 0) is 6.07 Å². The molecular weight excluding hydrogens is 212 g/mol. The average molecular weight is 219 g/mol. The molecule has 0 aliphatic carbocycles. The minimum absolute atomic E-state index is 0.224. The third kappa shape index (κ3) is 3.20. The van der Waals surface area contributed by atoms with Gasteiger partial charge in [-0.1, -0.05) is 11.6 Å². The summed E-state index contributed by atoms with van der Waals surface area (Å²) in [5.74, 6) is -0.0695. The van der Waals surface area contributed by atoms with Crippen LogP contribution >= 0.6 is 23.4 Å². The molecule has 0 atom stereocenters. The smallest absolute Gasteiger partial charge is 0.315 e. The molecule has 0 saturated heterocycles. The summed E-state index contributed by atoms with van der Waals surface area (Å²) in [7, 11) is 1.34. The number of thioether (sulfide) groups is 1. The number of aromatic nitrogens is 2. The SMILES string of the molecule is COC(=O)CSc1ccnnc1Cl. The molecule has 1 heterocycles. The zero-order chi connectivity index (χ0) is 9.68. The summed E-state index contributed by atoms with van der Waals surface area (Å²) in [5, 5.41) is 7.51. The molecule has 1 rings (SSSR count). The van der Waals surface area contributed by atoms with Crippen molar-refractivity contribution in [2.75, 3.05) is 12.9 Å². The fourth-order valence-electron chi connectivity index (χ4n) is 0.606. The molecule has 0 spiro atoms. The first-order chi connectivity index (χ1) is 6.24. The number of esters is 1. The Morgan fingerprint density at radius 2 is 2.54 bits per heavy atom. The Morgan fingerprint density at radius 3 is 3.15 bits per heavy atom. The lowest BCUT2D eigenvalue weighted by atomic mass is 10.6. The first-order valence-corrected chi connectivity index (χ1v) is 4.77. The molecular formula is C7H7ClN2O2S. The normalized spacial score (nSPS) is 9.69. The third-order valence-electron chi connectivity index (χ3n) is 1.21. The highest BCUT2D eigenvalue weighted by Gasteiger charge is 2.05. The number of hydrogen-bond donors (Lipinski definition) is 0. The molecule has 0 bridgehead atoms. The second-order valence-electron chi connectivity index (χ2n) is 2.05. The van der Waals surface area contributed by atoms with Gasteiger partial charge in [0.2, 0.25) is 0 Å². The van der Waals surface area contributed by atoms with E-state index in [1.165, 1.54) is 25.1 Å². The molecule has 4 nitrogen and oxygen atoms in total. The minimum atomic E-state index is -0.294. The van der Waals surface area contributed by atoms with E-state index in [9.17, 15) is 4.79 Å². The van der Waals surface area contributed by atoms with Gasteiger partial charge in [0.25, 0.3) is 0 Å². The van der Waals surface area contributed by atoms with Gasteiger partial charge in [-0.2, -0.15) is 5.10 Å². The van der Waals surface area contributed by atoms with Gasteiger partial charge in [0.1, 0.15) is 0 Å². The number of hydrogen-bond acceptors (Lipinski definition) is 5. The molecule has 6 heteroatoms. The summed E-state index contributed by atoms with van der Waals surface area (Å²) < 4.78 is 4.47. The molecule has 0 radical (unpaired) electrons. The molecule has 70 valence electrons. The zero-order valence-corrected chi connectivity index (χ0v) is 8.43. The summed E-state index contributed by atoms with van der Waals surface area (Å²) in [6, 6.07) is 1.70. The standard InChI is InChI=1S/C7H7ClN2O2S/c1-12-6(11)4-13-5-2-3-9-10-7(5)8/h2-3H,4H2,1H3. The fraction of sp³-hybridized carbons (Fsp3) is 0.286. The molecule has 1 aromatic rings. The molecule has 0 saturated carbocycles. The second kappa shape index (κ2) is 5.04. The maximum absolute atomic E-state index is 10.8. The van der Waals surface area contributed by atoms with Crippen LogP contribution in [0.1, 0.15) is 0 Å². The molecule has 0 aliphatic rings. The van der Waals surface area contributed by atoms with Crippen LogP contribution in [-0.4, -0.2) is 29.0 Å². The lowest BCUT2D eigenvalue weighted by Crippen LogP contribution is -2.03. The minimum Gasteiger partial charge on any atom is -0.468 e. The second-order valence-corrected chi connectivity index (χ2v) is 3.43. The van der Waals surface area contributed by atoms with Crippen LogP contribution in [0.2, 0.25) is 5.15 Å². The first kappa shape index (κ1) is 10.3. The van der Waals surface area contributed by atoms with Gasteiger partial charge >= 0.3 is 5.97 Å². The highest BCUT2D eigenvalue weighted by molar-refractivity contribution is 8.00. The highest BCUT2D eigenvalue weighted by Crippen LogP contribution is 2.23. The van der Waals surface area contributed by atoms with Crippen LogP contribution in [0, 0.1) is 0 Å². The Labute approximate surface area is 84.6 Å². The Balaban J connectivity index is 2.54. The molecule has 0 amide bonds. The Hall–Kier alpha value is -0.810. The number of ether oxygens (including phenoxy) is 1. The largest absolute Gasteiger partial charge is 0.468 e. The van der Waals surface area contributed by atoms with Gasteiger partial charge in [0, 0.05) is 4.90 Å². The van der Waals surface area contributed by atoms with E-state index in [4.69, 9.17) is 11.6 Å². The molecule has 0 fully saturated rings. The first-order valence-electron chi connectivity index (χ1n) is 3.41. The van der Waals surface area contributed by atoms with E-state index < -0.39 is 0 Å². The number of rotatable bonds is 3. The summed E-state index contributed by atoms with van der Waals surface area (Å²) in [4.78, 5) is 11.5. The topological polar surface area (TPSA) is 52.1 Å². The maximum atomic E-state index is 10.8. The predicted octanol–water partition coefficient (Wildman–Crippen LogP) is 1.40. The van der Waals surface area contributed by atoms with Crippen molar-refractivity contribution < 1.29 is 9.53 Å². The maximum Gasteiger partial charge on any atom is 0.315 e. The molecule has 13 heavy (non-hydrogen) atoms. The number of methoxy groups -OCH3 is 1. The van der Waals surface area contributed by atoms with Crippen molar-refractivity contribution in [1.29, 1.82) is 0 Å². The molecule has 1 aromatic heterocycles. The van der Waals surface area contributed by atoms with Crippen molar-refractivity contribution in [3.05, 3.63) is 17.4 Å². The summed E-state index contributed by atoms with van der Waals surface area (Å²) in [6.07, 6.45) is 1.52. The van der Waals surface area contributed by atoms with E-state index in [-0.39, 0.29) is 11.7 Å². The van der Waals surface area contributed by atoms with Crippen LogP contribution in [-0.2, 0) is 9.53 Å². The van der Waals surface area contributed by atoms with Crippen LogP contribution in [0.5, 0.6) is 0 Å². The van der Waals surface area contributed by atoms with Crippen LogP contribution in [0.25, 0.3) is 0 Å². The van der Waals surface area contributed by atoms with Crippen molar-refractivity contribution >= 4 is 29.3 Å². The lowest BCUT2D eigenvalue weighted by Gasteiger charge is -2.00. The lowest BCUT2D eigenvalue weighted by molar-refractivity contribution is -0.137. The average Bonchev–Trinajstić information content (AvgIpc) is 2.16. The molecule has 0 N–H and O–H groups in total. The van der Waals surface area contributed by atoms with Crippen LogP contribution in [0.3, 0.4) is 0 Å². The van der Waals surface area contributed by atoms with E-state index in [1.54, 1.807) is 6.07 Å². The fourth-order valence-corrected chi connectivity index (χ4v) is 1.58. The Kier molecular flexibility index (Phi) is 3.98. The summed E-state index contributed by atoms with van der Waals surface area (Å²) >= 11 is 6.98. The summed E-state index contributed by atoms with van der Waals surface area (Å²) in [5.41, 5.74) is 0. The number of carbonyl (C=O) groups is 1. The van der Waals surface area contributed by atoms with Crippen molar-refractivity contribution in [3.63, 3.8) is 0 Å². The predicted molar refractivity (Wildman–Crippen MR) is 49.8 cm³/mol. The van der Waals surface area contributed by atoms with Crippen molar-refractivity contribution in [1.82, 2.24) is 10.2 Å². The van der Waals surface area contributed by atoms with E-state index >= 15 is 0 Å². The van der Waals surface area contributed by atoms with Crippen molar-refractivity contribution in [2.45, 2.75) is 4.90 Å². The van der Waals surface area contributed by atoms with Gasteiger partial charge in [-0.15, -0.1) is 16.9 Å². The molecule has 0 aliphatic heterocycles. The van der Waals surface area contributed by atoms with Crippen molar-refractivity contribution in [3.8, 4) is 0 Å². The number of carbonyl (C=O) groups excluding carboxylic acids is 1.